The Morgan fingerprint density at radius 1 is 1.50 bits per heavy atom. The van der Waals surface area contributed by atoms with E-state index in [-0.39, 0.29) is 5.75 Å². The summed E-state index contributed by atoms with van der Waals surface area (Å²) in [6.45, 7) is 0. The summed E-state index contributed by atoms with van der Waals surface area (Å²) in [5.41, 5.74) is 0.346. The van der Waals surface area contributed by atoms with Gasteiger partial charge in [-0.1, -0.05) is 5.16 Å². The van der Waals surface area contributed by atoms with Crippen LogP contribution in [-0.2, 0) is 0 Å². The zero-order valence-electron chi connectivity index (χ0n) is 7.16. The van der Waals surface area contributed by atoms with Crippen LogP contribution in [-0.4, -0.2) is 23.6 Å². The molecule has 1 aromatic rings. The molecule has 0 bridgehead atoms. The van der Waals surface area contributed by atoms with Gasteiger partial charge in [0.2, 0.25) is 0 Å². The second-order valence-electron chi connectivity index (χ2n) is 2.38. The highest BCUT2D eigenvalue weighted by Crippen LogP contribution is 2.39. The van der Waals surface area contributed by atoms with E-state index in [4.69, 9.17) is 9.94 Å². The van der Waals surface area contributed by atoms with E-state index in [0.717, 1.165) is 6.21 Å². The van der Waals surface area contributed by atoms with Gasteiger partial charge in [0.25, 0.3) is 0 Å². The summed E-state index contributed by atoms with van der Waals surface area (Å²) in [6.07, 6.45) is 1.12. The summed E-state index contributed by atoms with van der Waals surface area (Å²) in [4.78, 5) is 0. The number of halogens is 2. The van der Waals surface area contributed by atoms with E-state index in [9.17, 15) is 5.11 Å². The van der Waals surface area contributed by atoms with Crippen LogP contribution in [0, 0.1) is 0 Å². The van der Waals surface area contributed by atoms with Crippen molar-refractivity contribution in [2.24, 2.45) is 5.16 Å². The smallest absolute Gasteiger partial charge is 0.167 e. The normalized spacial score (nSPS) is 10.8. The number of methoxy groups -OCH3 is 1. The van der Waals surface area contributed by atoms with E-state index in [1.807, 2.05) is 0 Å². The minimum atomic E-state index is -0.0830. The Balaban J connectivity index is 3.44. The molecule has 0 aliphatic carbocycles. The fourth-order valence-electron chi connectivity index (χ4n) is 0.943. The third-order valence-corrected chi connectivity index (χ3v) is 3.61. The lowest BCUT2D eigenvalue weighted by molar-refractivity contribution is 0.321. The zero-order chi connectivity index (χ0) is 10.7. The Bertz CT molecular complexity index is 379. The van der Waals surface area contributed by atoms with Crippen LogP contribution in [0.4, 0.5) is 0 Å². The van der Waals surface area contributed by atoms with Gasteiger partial charge < -0.3 is 15.1 Å². The standard InChI is InChI=1S/C8H7Br2NO3/c1-14-6-2-5(9)7(10)4(3-11-13)8(6)12/h2-3,12-13H,1H3/b11-3-. The lowest BCUT2D eigenvalue weighted by Gasteiger charge is -2.09. The molecule has 1 rings (SSSR count). The summed E-state index contributed by atoms with van der Waals surface area (Å²) in [5, 5.41) is 20.9. The van der Waals surface area contributed by atoms with E-state index in [1.54, 1.807) is 6.07 Å². The maximum absolute atomic E-state index is 9.65. The molecule has 0 atom stereocenters. The molecule has 0 amide bonds. The van der Waals surface area contributed by atoms with E-state index in [0.29, 0.717) is 20.3 Å². The van der Waals surface area contributed by atoms with Crippen LogP contribution in [0.5, 0.6) is 11.5 Å². The highest BCUT2D eigenvalue weighted by Gasteiger charge is 2.13. The van der Waals surface area contributed by atoms with Gasteiger partial charge in [-0.05, 0) is 37.9 Å². The molecule has 0 saturated carbocycles. The van der Waals surface area contributed by atoms with Crippen molar-refractivity contribution in [1.82, 2.24) is 0 Å². The van der Waals surface area contributed by atoms with Crippen molar-refractivity contribution in [1.29, 1.82) is 0 Å². The van der Waals surface area contributed by atoms with Crippen LogP contribution in [0.2, 0.25) is 0 Å². The van der Waals surface area contributed by atoms with Gasteiger partial charge in [-0.25, -0.2) is 0 Å². The van der Waals surface area contributed by atoms with E-state index >= 15 is 0 Å². The van der Waals surface area contributed by atoms with Crippen LogP contribution < -0.4 is 4.74 Å². The van der Waals surface area contributed by atoms with Crippen LogP contribution >= 0.6 is 31.9 Å². The molecule has 0 radical (unpaired) electrons. The van der Waals surface area contributed by atoms with Gasteiger partial charge >= 0.3 is 0 Å². The Labute approximate surface area is 97.4 Å². The van der Waals surface area contributed by atoms with Gasteiger partial charge in [0.15, 0.2) is 11.5 Å². The van der Waals surface area contributed by atoms with Gasteiger partial charge in [0.1, 0.15) is 0 Å². The molecule has 0 spiro atoms. The van der Waals surface area contributed by atoms with Gasteiger partial charge in [-0.15, -0.1) is 0 Å². The van der Waals surface area contributed by atoms with Crippen molar-refractivity contribution in [3.05, 3.63) is 20.6 Å². The first-order chi connectivity index (χ1) is 6.61. The number of hydrogen-bond acceptors (Lipinski definition) is 4. The summed E-state index contributed by atoms with van der Waals surface area (Å²) >= 11 is 6.49. The maximum atomic E-state index is 9.65. The number of oxime groups is 1. The highest BCUT2D eigenvalue weighted by atomic mass is 79.9. The summed E-state index contributed by atoms with van der Waals surface area (Å²) in [7, 11) is 1.44. The Kier molecular flexibility index (Phi) is 3.77. The molecule has 0 saturated heterocycles. The quantitative estimate of drug-likeness (QED) is 0.499. The average molecular weight is 325 g/mol. The lowest BCUT2D eigenvalue weighted by atomic mass is 10.2. The number of nitrogens with zero attached hydrogens (tertiary/aromatic N) is 1. The fraction of sp³-hybridized carbons (Fsp3) is 0.125. The topological polar surface area (TPSA) is 62.0 Å². The summed E-state index contributed by atoms with van der Waals surface area (Å²) in [6, 6.07) is 1.61. The molecule has 0 fully saturated rings. The zero-order valence-corrected chi connectivity index (χ0v) is 10.3. The van der Waals surface area contributed by atoms with Gasteiger partial charge in [0.05, 0.1) is 18.9 Å². The molecule has 0 unspecified atom stereocenters. The predicted octanol–water partition coefficient (Wildman–Crippen LogP) is 2.73. The molecule has 76 valence electrons. The van der Waals surface area contributed by atoms with Crippen molar-refractivity contribution in [2.75, 3.05) is 7.11 Å². The Morgan fingerprint density at radius 2 is 2.14 bits per heavy atom. The number of phenols is 1. The molecular weight excluding hydrogens is 318 g/mol. The SMILES string of the molecule is COc1cc(Br)c(Br)c(/C=N\O)c1O. The summed E-state index contributed by atoms with van der Waals surface area (Å²) < 4.78 is 6.21. The minimum Gasteiger partial charge on any atom is -0.504 e. The molecule has 6 heteroatoms. The molecule has 0 aliphatic heterocycles. The predicted molar refractivity (Wildman–Crippen MR) is 59.4 cm³/mol. The van der Waals surface area contributed by atoms with Crippen LogP contribution in [0.3, 0.4) is 0 Å². The molecular formula is C8H7Br2NO3. The van der Waals surface area contributed by atoms with Gasteiger partial charge in [-0.3, -0.25) is 0 Å². The number of hydrogen-bond donors (Lipinski definition) is 2. The van der Waals surface area contributed by atoms with Gasteiger partial charge in [0, 0.05) is 8.95 Å². The first-order valence-electron chi connectivity index (χ1n) is 3.54. The first-order valence-corrected chi connectivity index (χ1v) is 5.12. The third kappa shape index (κ3) is 2.01. The van der Waals surface area contributed by atoms with Crippen LogP contribution in [0.25, 0.3) is 0 Å². The molecule has 4 nitrogen and oxygen atoms in total. The molecule has 0 heterocycles. The Morgan fingerprint density at radius 3 is 2.64 bits per heavy atom. The minimum absolute atomic E-state index is 0.0830. The molecule has 0 aliphatic rings. The summed E-state index contributed by atoms with van der Waals surface area (Å²) in [5.74, 6) is 0.218. The van der Waals surface area contributed by atoms with E-state index < -0.39 is 0 Å². The van der Waals surface area contributed by atoms with Crippen molar-refractivity contribution >= 4 is 38.1 Å². The lowest BCUT2D eigenvalue weighted by Crippen LogP contribution is -1.91. The monoisotopic (exact) mass is 323 g/mol. The van der Waals surface area contributed by atoms with E-state index in [2.05, 4.69) is 37.0 Å². The van der Waals surface area contributed by atoms with Crippen molar-refractivity contribution in [3.8, 4) is 11.5 Å². The number of aromatic hydroxyl groups is 1. The van der Waals surface area contributed by atoms with Crippen LogP contribution in [0.15, 0.2) is 20.2 Å². The molecule has 14 heavy (non-hydrogen) atoms. The van der Waals surface area contributed by atoms with E-state index in [1.165, 1.54) is 7.11 Å². The van der Waals surface area contributed by atoms with Crippen molar-refractivity contribution in [2.45, 2.75) is 0 Å². The second-order valence-corrected chi connectivity index (χ2v) is 4.03. The number of ether oxygens (including phenoxy) is 1. The van der Waals surface area contributed by atoms with Crippen LogP contribution in [0.1, 0.15) is 5.56 Å². The third-order valence-electron chi connectivity index (χ3n) is 1.60. The number of benzene rings is 1. The Hall–Kier alpha value is -0.750. The van der Waals surface area contributed by atoms with Crippen molar-refractivity contribution in [3.63, 3.8) is 0 Å². The maximum Gasteiger partial charge on any atom is 0.167 e. The number of phenolic OH excluding ortho intramolecular Hbond substituents is 1. The first kappa shape index (κ1) is 11.3. The molecule has 1 aromatic carbocycles. The molecule has 0 aromatic heterocycles. The largest absolute Gasteiger partial charge is 0.504 e. The number of rotatable bonds is 2. The van der Waals surface area contributed by atoms with Crippen molar-refractivity contribution < 1.29 is 15.1 Å². The molecule has 2 N–H and O–H groups in total. The van der Waals surface area contributed by atoms with Gasteiger partial charge in [-0.2, -0.15) is 0 Å². The average Bonchev–Trinajstić information content (AvgIpc) is 2.18. The second kappa shape index (κ2) is 4.65. The fourth-order valence-corrected chi connectivity index (χ4v) is 1.77. The highest BCUT2D eigenvalue weighted by molar-refractivity contribution is 9.13.